The van der Waals surface area contributed by atoms with Crippen molar-refractivity contribution in [3.05, 3.63) is 41.6 Å². The van der Waals surface area contributed by atoms with Gasteiger partial charge >= 0.3 is 0 Å². The van der Waals surface area contributed by atoms with Crippen molar-refractivity contribution in [1.29, 1.82) is 0 Å². The lowest BCUT2D eigenvalue weighted by Crippen LogP contribution is -2.37. The van der Waals surface area contributed by atoms with Crippen molar-refractivity contribution in [1.82, 2.24) is 14.7 Å². The molecule has 1 amide bonds. The number of fused-ring (bicyclic) bond motifs is 1. The van der Waals surface area contributed by atoms with Crippen molar-refractivity contribution < 1.29 is 13.9 Å². The Bertz CT molecular complexity index is 702. The van der Waals surface area contributed by atoms with E-state index in [0.29, 0.717) is 31.3 Å². The van der Waals surface area contributed by atoms with Crippen LogP contribution in [0.15, 0.2) is 29.0 Å². The average molecular weight is 315 g/mol. The summed E-state index contributed by atoms with van der Waals surface area (Å²) < 4.78 is 13.4. The van der Waals surface area contributed by atoms with E-state index in [1.54, 1.807) is 12.5 Å². The fourth-order valence-electron chi connectivity index (χ4n) is 2.97. The predicted octanol–water partition coefficient (Wildman–Crippen LogP) is 2.24. The number of aromatic nitrogens is 2. The first-order valence-electron chi connectivity index (χ1n) is 8.16. The van der Waals surface area contributed by atoms with Gasteiger partial charge in [0.25, 0.3) is 5.91 Å². The van der Waals surface area contributed by atoms with Gasteiger partial charge in [-0.25, -0.2) is 0 Å². The van der Waals surface area contributed by atoms with Crippen molar-refractivity contribution in [3.8, 4) is 0 Å². The third-order valence-electron chi connectivity index (χ3n) is 4.57. The molecule has 4 rings (SSSR count). The van der Waals surface area contributed by atoms with E-state index < -0.39 is 0 Å². The second-order valence-electron chi connectivity index (χ2n) is 6.52. The Hall–Kier alpha value is -2.08. The van der Waals surface area contributed by atoms with Crippen molar-refractivity contribution in [2.75, 3.05) is 13.2 Å². The molecule has 1 atom stereocenters. The first kappa shape index (κ1) is 14.5. The molecule has 6 nitrogen and oxygen atoms in total. The highest BCUT2D eigenvalue weighted by Gasteiger charge is 2.30. The lowest BCUT2D eigenvalue weighted by atomic mass is 10.2. The highest BCUT2D eigenvalue weighted by molar-refractivity contribution is 5.92. The Kier molecular flexibility index (Phi) is 3.69. The van der Waals surface area contributed by atoms with Crippen LogP contribution in [0.4, 0.5) is 0 Å². The van der Waals surface area contributed by atoms with Crippen LogP contribution in [-0.2, 0) is 17.8 Å². The minimum Gasteiger partial charge on any atom is -0.459 e. The van der Waals surface area contributed by atoms with Gasteiger partial charge in [-0.1, -0.05) is 0 Å². The van der Waals surface area contributed by atoms with E-state index in [9.17, 15) is 4.79 Å². The minimum absolute atomic E-state index is 0.0315. The molecule has 1 aliphatic heterocycles. The molecular formula is C17H21N3O3. The zero-order valence-corrected chi connectivity index (χ0v) is 13.3. The number of amides is 1. The van der Waals surface area contributed by atoms with Crippen LogP contribution in [0.1, 0.15) is 34.7 Å². The highest BCUT2D eigenvalue weighted by Crippen LogP contribution is 2.29. The number of nitrogens with zero attached hydrogens (tertiary/aromatic N) is 3. The van der Waals surface area contributed by atoms with Gasteiger partial charge in [-0.2, -0.15) is 5.10 Å². The van der Waals surface area contributed by atoms with Gasteiger partial charge in [0, 0.05) is 24.9 Å². The Morgan fingerprint density at radius 2 is 2.26 bits per heavy atom. The number of furan rings is 1. The van der Waals surface area contributed by atoms with E-state index in [-0.39, 0.29) is 12.0 Å². The van der Waals surface area contributed by atoms with E-state index in [0.717, 1.165) is 17.9 Å². The maximum absolute atomic E-state index is 12.8. The monoisotopic (exact) mass is 315 g/mol. The molecule has 0 bridgehead atoms. The van der Waals surface area contributed by atoms with Crippen LogP contribution >= 0.6 is 0 Å². The normalized spacial score (nSPS) is 21.1. The molecule has 0 unspecified atom stereocenters. The van der Waals surface area contributed by atoms with E-state index in [1.807, 2.05) is 28.6 Å². The Morgan fingerprint density at radius 1 is 1.39 bits per heavy atom. The molecule has 6 heteroatoms. The lowest BCUT2D eigenvalue weighted by molar-refractivity contribution is 0.0128. The summed E-state index contributed by atoms with van der Waals surface area (Å²) in [7, 11) is 0. The van der Waals surface area contributed by atoms with Crippen LogP contribution in [0.5, 0.6) is 0 Å². The van der Waals surface area contributed by atoms with Crippen molar-refractivity contribution in [3.63, 3.8) is 0 Å². The molecule has 0 radical (unpaired) electrons. The van der Waals surface area contributed by atoms with Crippen LogP contribution < -0.4 is 0 Å². The molecule has 2 aromatic rings. The van der Waals surface area contributed by atoms with Gasteiger partial charge in [0.1, 0.15) is 0 Å². The van der Waals surface area contributed by atoms with E-state index >= 15 is 0 Å². The quantitative estimate of drug-likeness (QED) is 0.868. The maximum atomic E-state index is 12.8. The molecule has 2 aliphatic rings. The van der Waals surface area contributed by atoms with Gasteiger partial charge in [0.2, 0.25) is 0 Å². The van der Waals surface area contributed by atoms with Gasteiger partial charge < -0.3 is 14.1 Å². The number of carbonyl (C=O) groups is 1. The SMILES string of the molecule is Cc1ccoc1C(=O)N1Cc2ccnn2C[C@@H](OCC2CC2)C1. The van der Waals surface area contributed by atoms with Gasteiger partial charge in [-0.3, -0.25) is 9.48 Å². The molecule has 0 saturated heterocycles. The summed E-state index contributed by atoms with van der Waals surface area (Å²) in [5, 5.41) is 4.36. The number of aryl methyl sites for hydroxylation is 1. The van der Waals surface area contributed by atoms with Gasteiger partial charge in [-0.05, 0) is 37.8 Å². The van der Waals surface area contributed by atoms with E-state index in [2.05, 4.69) is 5.10 Å². The molecule has 0 spiro atoms. The van der Waals surface area contributed by atoms with Crippen LogP contribution in [0.2, 0.25) is 0 Å². The number of ether oxygens (including phenoxy) is 1. The summed E-state index contributed by atoms with van der Waals surface area (Å²) in [6.45, 7) is 4.45. The topological polar surface area (TPSA) is 60.5 Å². The van der Waals surface area contributed by atoms with E-state index in [4.69, 9.17) is 9.15 Å². The third kappa shape index (κ3) is 3.03. The predicted molar refractivity (Wildman–Crippen MR) is 82.9 cm³/mol. The number of carbonyl (C=O) groups excluding carboxylic acids is 1. The molecule has 1 saturated carbocycles. The second-order valence-corrected chi connectivity index (χ2v) is 6.52. The summed E-state index contributed by atoms with van der Waals surface area (Å²) in [5.41, 5.74) is 1.89. The summed E-state index contributed by atoms with van der Waals surface area (Å²) in [4.78, 5) is 14.6. The fourth-order valence-corrected chi connectivity index (χ4v) is 2.97. The molecule has 0 N–H and O–H groups in total. The molecule has 23 heavy (non-hydrogen) atoms. The van der Waals surface area contributed by atoms with Gasteiger partial charge in [0.05, 0.1) is 31.2 Å². The first-order chi connectivity index (χ1) is 11.2. The molecule has 2 aromatic heterocycles. The Labute approximate surface area is 135 Å². The van der Waals surface area contributed by atoms with Gasteiger partial charge in [0.15, 0.2) is 5.76 Å². The third-order valence-corrected chi connectivity index (χ3v) is 4.57. The first-order valence-corrected chi connectivity index (χ1v) is 8.16. The largest absolute Gasteiger partial charge is 0.459 e. The summed E-state index contributed by atoms with van der Waals surface area (Å²) in [6, 6.07) is 3.77. The average Bonchev–Trinajstić information content (AvgIpc) is 3.18. The Balaban J connectivity index is 1.55. The Morgan fingerprint density at radius 3 is 3.00 bits per heavy atom. The van der Waals surface area contributed by atoms with Crippen LogP contribution in [0, 0.1) is 12.8 Å². The molecule has 0 aromatic carbocycles. The van der Waals surface area contributed by atoms with Crippen LogP contribution in [0.3, 0.4) is 0 Å². The lowest BCUT2D eigenvalue weighted by Gasteiger charge is -2.23. The molecule has 1 aliphatic carbocycles. The minimum atomic E-state index is -0.0813. The number of hydrogen-bond acceptors (Lipinski definition) is 4. The summed E-state index contributed by atoms with van der Waals surface area (Å²) >= 11 is 0. The molecular weight excluding hydrogens is 294 g/mol. The van der Waals surface area contributed by atoms with Gasteiger partial charge in [-0.15, -0.1) is 0 Å². The van der Waals surface area contributed by atoms with Crippen molar-refractivity contribution in [2.45, 2.75) is 39.0 Å². The zero-order valence-electron chi connectivity index (χ0n) is 13.3. The highest BCUT2D eigenvalue weighted by atomic mass is 16.5. The van der Waals surface area contributed by atoms with Crippen molar-refractivity contribution >= 4 is 5.91 Å². The number of hydrogen-bond donors (Lipinski definition) is 0. The number of rotatable bonds is 4. The summed E-state index contributed by atoms with van der Waals surface area (Å²) in [5.74, 6) is 1.04. The van der Waals surface area contributed by atoms with E-state index in [1.165, 1.54) is 12.8 Å². The van der Waals surface area contributed by atoms with Crippen LogP contribution in [0.25, 0.3) is 0 Å². The zero-order chi connectivity index (χ0) is 15.8. The van der Waals surface area contributed by atoms with Crippen molar-refractivity contribution in [2.24, 2.45) is 5.92 Å². The maximum Gasteiger partial charge on any atom is 0.290 e. The van der Waals surface area contributed by atoms with Crippen LogP contribution in [-0.4, -0.2) is 39.8 Å². The smallest absolute Gasteiger partial charge is 0.290 e. The fraction of sp³-hybridized carbons (Fsp3) is 0.529. The molecule has 1 fully saturated rings. The standard InChI is InChI=1S/C17H21N3O3/c1-12-5-7-22-16(12)17(21)19-8-14-4-6-18-20(14)10-15(9-19)23-11-13-2-3-13/h4-7,13,15H,2-3,8-11H2,1H3/t15-/m0/s1. The molecule has 122 valence electrons. The summed E-state index contributed by atoms with van der Waals surface area (Å²) in [6.07, 6.45) is 5.82. The second kappa shape index (κ2) is 5.85. The molecule has 3 heterocycles.